The van der Waals surface area contributed by atoms with Crippen molar-refractivity contribution >= 4 is 27.5 Å². The normalized spacial score (nSPS) is 15.4. The van der Waals surface area contributed by atoms with Gasteiger partial charge < -0.3 is 9.64 Å². The van der Waals surface area contributed by atoms with Gasteiger partial charge in [0.25, 0.3) is 0 Å². The zero-order valence-corrected chi connectivity index (χ0v) is 12.1. The van der Waals surface area contributed by atoms with E-state index in [1.165, 1.54) is 0 Å². The topological polar surface area (TPSA) is 29.5 Å². The minimum atomic E-state index is 0.105. The van der Waals surface area contributed by atoms with Crippen molar-refractivity contribution in [2.75, 3.05) is 18.6 Å². The molecule has 1 aromatic carbocycles. The molecule has 0 radical (unpaired) electrons. The molecule has 0 saturated heterocycles. The maximum Gasteiger partial charge on any atom is 0.230 e. The van der Waals surface area contributed by atoms with Crippen molar-refractivity contribution in [3.8, 4) is 5.75 Å². The van der Waals surface area contributed by atoms with E-state index in [9.17, 15) is 4.79 Å². The summed E-state index contributed by atoms with van der Waals surface area (Å²) < 4.78 is 6.81. The number of carbonyl (C=O) groups excluding carboxylic acids is 1. The molecule has 0 fully saturated rings. The van der Waals surface area contributed by atoms with Gasteiger partial charge in [0.1, 0.15) is 5.75 Å². The van der Waals surface area contributed by atoms with Crippen molar-refractivity contribution in [1.29, 1.82) is 0 Å². The van der Waals surface area contributed by atoms with Crippen LogP contribution in [0.5, 0.6) is 5.75 Å². The molecule has 17 heavy (non-hydrogen) atoms. The summed E-state index contributed by atoms with van der Waals surface area (Å²) >= 11 is 3.59. The van der Waals surface area contributed by atoms with Crippen molar-refractivity contribution in [3.05, 3.63) is 21.2 Å². The average molecular weight is 298 g/mol. The van der Waals surface area contributed by atoms with E-state index >= 15 is 0 Å². The molecule has 92 valence electrons. The van der Waals surface area contributed by atoms with Gasteiger partial charge in [0.05, 0.1) is 18.7 Å². The Morgan fingerprint density at radius 3 is 2.47 bits per heavy atom. The number of hydrogen-bond acceptors (Lipinski definition) is 2. The van der Waals surface area contributed by atoms with E-state index in [0.29, 0.717) is 13.0 Å². The summed E-state index contributed by atoms with van der Waals surface area (Å²) in [5, 5.41) is 0. The zero-order valence-electron chi connectivity index (χ0n) is 10.6. The van der Waals surface area contributed by atoms with Gasteiger partial charge in [-0.2, -0.15) is 0 Å². The second-order valence-corrected chi connectivity index (χ2v) is 5.21. The molecule has 1 amide bonds. The molecule has 0 unspecified atom stereocenters. The lowest BCUT2D eigenvalue weighted by Gasteiger charge is -2.23. The highest BCUT2D eigenvalue weighted by Gasteiger charge is 2.26. The Morgan fingerprint density at radius 1 is 1.18 bits per heavy atom. The lowest BCUT2D eigenvalue weighted by Crippen LogP contribution is -2.26. The molecule has 0 saturated carbocycles. The summed E-state index contributed by atoms with van der Waals surface area (Å²) in [7, 11) is 1.82. The average Bonchev–Trinajstić information content (AvgIpc) is 2.45. The van der Waals surface area contributed by atoms with Gasteiger partial charge in [-0.25, -0.2) is 0 Å². The summed E-state index contributed by atoms with van der Waals surface area (Å²) in [4.78, 5) is 13.6. The molecular weight excluding hydrogens is 282 g/mol. The largest absolute Gasteiger partial charge is 0.491 e. The van der Waals surface area contributed by atoms with Crippen LogP contribution in [-0.2, 0) is 4.79 Å². The smallest absolute Gasteiger partial charge is 0.230 e. The Bertz CT molecular complexity index is 497. The number of anilines is 1. The molecule has 3 nitrogen and oxygen atoms in total. The number of hydrogen-bond donors (Lipinski definition) is 0. The van der Waals surface area contributed by atoms with E-state index in [1.807, 2.05) is 20.9 Å². The fourth-order valence-corrected chi connectivity index (χ4v) is 2.66. The first-order valence-corrected chi connectivity index (χ1v) is 6.43. The number of benzene rings is 1. The summed E-state index contributed by atoms with van der Waals surface area (Å²) in [6, 6.07) is 0. The van der Waals surface area contributed by atoms with Crippen molar-refractivity contribution in [1.82, 2.24) is 0 Å². The van der Waals surface area contributed by atoms with Gasteiger partial charge in [0, 0.05) is 17.1 Å². The standard InChI is InChI=1S/C13H16BrNO2/c1-7-8(2)12-13(9(3)11(7)14)17-6-5-10(16)15(12)4/h5-6H2,1-4H3. The molecule has 0 aliphatic carbocycles. The molecule has 1 aliphatic heterocycles. The number of nitrogens with zero attached hydrogens (tertiary/aromatic N) is 1. The summed E-state index contributed by atoms with van der Waals surface area (Å²) in [5.41, 5.74) is 4.22. The Labute approximate surface area is 110 Å². The highest BCUT2D eigenvalue weighted by molar-refractivity contribution is 9.10. The fraction of sp³-hybridized carbons (Fsp3) is 0.462. The van der Waals surface area contributed by atoms with Gasteiger partial charge in [-0.15, -0.1) is 0 Å². The van der Waals surface area contributed by atoms with Crippen LogP contribution in [0.25, 0.3) is 0 Å². The third-order valence-corrected chi connectivity index (χ3v) is 4.59. The molecule has 0 bridgehead atoms. The highest BCUT2D eigenvalue weighted by Crippen LogP contribution is 2.42. The van der Waals surface area contributed by atoms with Gasteiger partial charge in [-0.3, -0.25) is 4.79 Å². The van der Waals surface area contributed by atoms with E-state index in [0.717, 1.165) is 32.6 Å². The van der Waals surface area contributed by atoms with Crippen LogP contribution in [-0.4, -0.2) is 19.6 Å². The van der Waals surface area contributed by atoms with Crippen LogP contribution >= 0.6 is 15.9 Å². The van der Waals surface area contributed by atoms with Crippen LogP contribution in [0.1, 0.15) is 23.1 Å². The van der Waals surface area contributed by atoms with Crippen LogP contribution in [0.15, 0.2) is 4.47 Å². The highest BCUT2D eigenvalue weighted by atomic mass is 79.9. The third-order valence-electron chi connectivity index (χ3n) is 3.40. The number of amides is 1. The Morgan fingerprint density at radius 2 is 1.82 bits per heavy atom. The number of rotatable bonds is 0. The summed E-state index contributed by atoms with van der Waals surface area (Å²) in [6.07, 6.45) is 0.431. The van der Waals surface area contributed by atoms with Gasteiger partial charge in [0.2, 0.25) is 5.91 Å². The first kappa shape index (κ1) is 12.4. The monoisotopic (exact) mass is 297 g/mol. The predicted molar refractivity (Wildman–Crippen MR) is 71.9 cm³/mol. The van der Waals surface area contributed by atoms with Crippen LogP contribution in [0.4, 0.5) is 5.69 Å². The molecule has 0 spiro atoms. The van der Waals surface area contributed by atoms with Crippen molar-refractivity contribution < 1.29 is 9.53 Å². The molecule has 0 N–H and O–H groups in total. The first-order valence-electron chi connectivity index (χ1n) is 5.63. The first-order chi connectivity index (χ1) is 7.95. The van der Waals surface area contributed by atoms with Crippen molar-refractivity contribution in [2.45, 2.75) is 27.2 Å². The van der Waals surface area contributed by atoms with Crippen LogP contribution in [0.3, 0.4) is 0 Å². The molecule has 0 atom stereocenters. The SMILES string of the molecule is Cc1c(C)c2c(c(C)c1Br)OCCC(=O)N2C. The lowest BCUT2D eigenvalue weighted by atomic mass is 10.0. The molecule has 0 aromatic heterocycles. The van der Waals surface area contributed by atoms with Crippen LogP contribution in [0.2, 0.25) is 0 Å². The van der Waals surface area contributed by atoms with E-state index in [2.05, 4.69) is 22.9 Å². The van der Waals surface area contributed by atoms with Gasteiger partial charge >= 0.3 is 0 Å². The quantitative estimate of drug-likeness (QED) is 0.736. The second kappa shape index (κ2) is 4.33. The Balaban J connectivity index is 2.76. The molecular formula is C13H16BrNO2. The minimum Gasteiger partial charge on any atom is -0.491 e. The molecule has 2 rings (SSSR count). The Hall–Kier alpha value is -1.03. The maximum atomic E-state index is 11.9. The molecule has 4 heteroatoms. The molecule has 1 heterocycles. The third kappa shape index (κ3) is 1.84. The van der Waals surface area contributed by atoms with Gasteiger partial charge in [0.15, 0.2) is 0 Å². The predicted octanol–water partition coefficient (Wildman–Crippen LogP) is 3.12. The number of ether oxygens (including phenoxy) is 1. The van der Waals surface area contributed by atoms with E-state index in [-0.39, 0.29) is 5.91 Å². The minimum absolute atomic E-state index is 0.105. The number of carbonyl (C=O) groups is 1. The van der Waals surface area contributed by atoms with E-state index in [1.54, 1.807) is 4.90 Å². The molecule has 1 aliphatic rings. The van der Waals surface area contributed by atoms with Crippen molar-refractivity contribution in [3.63, 3.8) is 0 Å². The second-order valence-electron chi connectivity index (χ2n) is 4.42. The Kier molecular flexibility index (Phi) is 3.17. The molecule has 1 aromatic rings. The van der Waals surface area contributed by atoms with E-state index in [4.69, 9.17) is 4.74 Å². The number of halogens is 1. The van der Waals surface area contributed by atoms with Gasteiger partial charge in [-0.1, -0.05) is 15.9 Å². The van der Waals surface area contributed by atoms with E-state index < -0.39 is 0 Å². The fourth-order valence-electron chi connectivity index (χ4n) is 2.18. The van der Waals surface area contributed by atoms with Gasteiger partial charge in [-0.05, 0) is 31.9 Å². The van der Waals surface area contributed by atoms with Crippen molar-refractivity contribution in [2.24, 2.45) is 0 Å². The van der Waals surface area contributed by atoms with Crippen LogP contribution in [0, 0.1) is 20.8 Å². The number of fused-ring (bicyclic) bond motifs is 1. The zero-order chi connectivity index (χ0) is 12.7. The van der Waals surface area contributed by atoms with Crippen LogP contribution < -0.4 is 9.64 Å². The lowest BCUT2D eigenvalue weighted by molar-refractivity contribution is -0.118. The maximum absolute atomic E-state index is 11.9. The summed E-state index contributed by atoms with van der Waals surface area (Å²) in [5.74, 6) is 0.932. The summed E-state index contributed by atoms with van der Waals surface area (Å²) in [6.45, 7) is 6.54.